The van der Waals surface area contributed by atoms with Gasteiger partial charge in [-0.15, -0.1) is 11.7 Å². The second-order valence-corrected chi connectivity index (χ2v) is 4.34. The third-order valence-electron chi connectivity index (χ3n) is 2.44. The van der Waals surface area contributed by atoms with Crippen molar-refractivity contribution in [1.29, 1.82) is 0 Å². The first-order valence-corrected chi connectivity index (χ1v) is 6.08. The summed E-state index contributed by atoms with van der Waals surface area (Å²) >= 11 is 5.91. The first-order valence-electron chi connectivity index (χ1n) is 5.71. The van der Waals surface area contributed by atoms with E-state index in [2.05, 4.69) is 22.1 Å². The largest absolute Gasteiger partial charge is 0.347 e. The van der Waals surface area contributed by atoms with Gasteiger partial charge in [-0.05, 0) is 25.1 Å². The van der Waals surface area contributed by atoms with E-state index in [4.69, 9.17) is 11.6 Å². The lowest BCUT2D eigenvalue weighted by Crippen LogP contribution is -2.24. The van der Waals surface area contributed by atoms with E-state index in [1.165, 1.54) is 4.80 Å². The Morgan fingerprint density at radius 2 is 2.32 bits per heavy atom. The fourth-order valence-corrected chi connectivity index (χ4v) is 1.74. The highest BCUT2D eigenvalue weighted by Crippen LogP contribution is 2.14. The summed E-state index contributed by atoms with van der Waals surface area (Å²) in [7, 11) is 0. The molecule has 0 fully saturated rings. The molecule has 0 spiro atoms. The fraction of sp³-hybridized carbons (Fsp3) is 0.154. The molecule has 0 unspecified atom stereocenters. The number of aromatic nitrogens is 3. The Bertz CT molecular complexity index is 621. The molecule has 0 aliphatic carbocycles. The maximum Gasteiger partial charge on any atom is 0.274 e. The topological polar surface area (TPSA) is 59.8 Å². The van der Waals surface area contributed by atoms with Gasteiger partial charge in [-0.3, -0.25) is 4.79 Å². The van der Waals surface area contributed by atoms with E-state index < -0.39 is 0 Å². The number of hydrogen-bond donors (Lipinski definition) is 1. The molecule has 0 bridgehead atoms. The lowest BCUT2D eigenvalue weighted by molar-refractivity contribution is 0.0952. The van der Waals surface area contributed by atoms with Crippen molar-refractivity contribution in [2.24, 2.45) is 0 Å². The van der Waals surface area contributed by atoms with Crippen molar-refractivity contribution >= 4 is 17.5 Å². The Balaban J connectivity index is 2.30. The van der Waals surface area contributed by atoms with Crippen molar-refractivity contribution in [3.05, 3.63) is 53.3 Å². The Hall–Kier alpha value is -2.14. The van der Waals surface area contributed by atoms with E-state index in [0.29, 0.717) is 28.6 Å². The van der Waals surface area contributed by atoms with E-state index in [1.807, 2.05) is 6.07 Å². The molecular formula is C13H13ClN4O. The molecule has 0 saturated heterocycles. The van der Waals surface area contributed by atoms with Crippen LogP contribution in [-0.2, 0) is 0 Å². The number of aryl methyl sites for hydroxylation is 1. The molecule has 0 aliphatic rings. The molecule has 5 nitrogen and oxygen atoms in total. The van der Waals surface area contributed by atoms with Crippen molar-refractivity contribution in [2.75, 3.05) is 6.54 Å². The van der Waals surface area contributed by atoms with Gasteiger partial charge in [0.05, 0.1) is 11.4 Å². The van der Waals surface area contributed by atoms with E-state index in [-0.39, 0.29) is 5.91 Å². The van der Waals surface area contributed by atoms with Crippen molar-refractivity contribution in [2.45, 2.75) is 6.92 Å². The highest BCUT2D eigenvalue weighted by atomic mass is 35.5. The van der Waals surface area contributed by atoms with Crippen molar-refractivity contribution < 1.29 is 4.79 Å². The van der Waals surface area contributed by atoms with Gasteiger partial charge >= 0.3 is 0 Å². The van der Waals surface area contributed by atoms with Crippen LogP contribution >= 0.6 is 11.6 Å². The highest BCUT2D eigenvalue weighted by Gasteiger charge is 2.15. The molecular weight excluding hydrogens is 264 g/mol. The second kappa shape index (κ2) is 5.67. The molecule has 1 aromatic heterocycles. The molecule has 2 rings (SSSR count). The molecule has 0 atom stereocenters. The third-order valence-corrected chi connectivity index (χ3v) is 2.68. The summed E-state index contributed by atoms with van der Waals surface area (Å²) < 4.78 is 0. The van der Waals surface area contributed by atoms with Crippen LogP contribution in [0.15, 0.2) is 36.9 Å². The molecule has 19 heavy (non-hydrogen) atoms. The third kappa shape index (κ3) is 3.00. The normalized spacial score (nSPS) is 10.2. The van der Waals surface area contributed by atoms with Gasteiger partial charge in [0.15, 0.2) is 5.69 Å². The van der Waals surface area contributed by atoms with Crippen molar-refractivity contribution in [3.63, 3.8) is 0 Å². The summed E-state index contributed by atoms with van der Waals surface area (Å²) in [4.78, 5) is 13.2. The smallest absolute Gasteiger partial charge is 0.274 e. The Morgan fingerprint density at radius 3 is 3.00 bits per heavy atom. The van der Waals surface area contributed by atoms with E-state index >= 15 is 0 Å². The average molecular weight is 277 g/mol. The summed E-state index contributed by atoms with van der Waals surface area (Å²) in [5, 5.41) is 11.6. The van der Waals surface area contributed by atoms with Crippen molar-refractivity contribution in [1.82, 2.24) is 20.3 Å². The molecule has 1 amide bonds. The van der Waals surface area contributed by atoms with Gasteiger partial charge in [0.25, 0.3) is 5.91 Å². The van der Waals surface area contributed by atoms with Gasteiger partial charge in [-0.1, -0.05) is 23.7 Å². The van der Waals surface area contributed by atoms with Crippen LogP contribution in [-0.4, -0.2) is 27.4 Å². The van der Waals surface area contributed by atoms with Crippen LogP contribution in [0, 0.1) is 6.92 Å². The van der Waals surface area contributed by atoms with Crippen LogP contribution in [0.5, 0.6) is 0 Å². The van der Waals surface area contributed by atoms with Gasteiger partial charge in [-0.2, -0.15) is 9.90 Å². The SMILES string of the molecule is C=CCNC(=O)c1nn(-c2cccc(Cl)c2)nc1C. The van der Waals surface area contributed by atoms with Crippen LogP contribution in [0.3, 0.4) is 0 Å². The number of amides is 1. The zero-order valence-electron chi connectivity index (χ0n) is 10.4. The molecule has 0 radical (unpaired) electrons. The zero-order valence-corrected chi connectivity index (χ0v) is 11.2. The Labute approximate surface area is 115 Å². The first-order chi connectivity index (χ1) is 9.11. The lowest BCUT2D eigenvalue weighted by atomic mass is 10.3. The molecule has 1 heterocycles. The van der Waals surface area contributed by atoms with E-state index in [0.717, 1.165) is 0 Å². The fourth-order valence-electron chi connectivity index (χ4n) is 1.55. The van der Waals surface area contributed by atoms with E-state index in [1.54, 1.807) is 31.2 Å². The van der Waals surface area contributed by atoms with E-state index in [9.17, 15) is 4.79 Å². The maximum absolute atomic E-state index is 11.8. The number of nitrogens with zero attached hydrogens (tertiary/aromatic N) is 3. The number of carbonyl (C=O) groups is 1. The minimum absolute atomic E-state index is 0.273. The number of rotatable bonds is 4. The summed E-state index contributed by atoms with van der Waals surface area (Å²) in [6.07, 6.45) is 1.61. The molecule has 1 aromatic carbocycles. The number of nitrogens with one attached hydrogen (secondary N) is 1. The Kier molecular flexibility index (Phi) is 3.97. The highest BCUT2D eigenvalue weighted by molar-refractivity contribution is 6.30. The second-order valence-electron chi connectivity index (χ2n) is 3.90. The summed E-state index contributed by atoms with van der Waals surface area (Å²) in [6, 6.07) is 7.11. The van der Waals surface area contributed by atoms with Gasteiger partial charge in [-0.25, -0.2) is 0 Å². The summed E-state index contributed by atoms with van der Waals surface area (Å²) in [5.41, 5.74) is 1.56. The molecule has 1 N–H and O–H groups in total. The van der Waals surface area contributed by atoms with Gasteiger partial charge in [0.2, 0.25) is 0 Å². The van der Waals surface area contributed by atoms with Crippen LogP contribution in [0.2, 0.25) is 5.02 Å². The molecule has 6 heteroatoms. The summed E-state index contributed by atoms with van der Waals surface area (Å²) in [5.74, 6) is -0.273. The summed E-state index contributed by atoms with van der Waals surface area (Å²) in [6.45, 7) is 5.66. The molecule has 0 aliphatic heterocycles. The minimum atomic E-state index is -0.273. The number of benzene rings is 1. The first kappa shape index (κ1) is 13.3. The average Bonchev–Trinajstić information content (AvgIpc) is 2.78. The van der Waals surface area contributed by atoms with Crippen molar-refractivity contribution in [3.8, 4) is 5.69 Å². The maximum atomic E-state index is 11.8. The van der Waals surface area contributed by atoms with Gasteiger partial charge in [0, 0.05) is 11.6 Å². The predicted molar refractivity (Wildman–Crippen MR) is 73.6 cm³/mol. The van der Waals surface area contributed by atoms with Gasteiger partial charge < -0.3 is 5.32 Å². The molecule has 2 aromatic rings. The molecule has 98 valence electrons. The van der Waals surface area contributed by atoms with Crippen LogP contribution in [0.1, 0.15) is 16.2 Å². The predicted octanol–water partition coefficient (Wildman–Crippen LogP) is 2.14. The zero-order chi connectivity index (χ0) is 13.8. The van der Waals surface area contributed by atoms with Gasteiger partial charge in [0.1, 0.15) is 0 Å². The van der Waals surface area contributed by atoms with Crippen LogP contribution < -0.4 is 5.32 Å². The minimum Gasteiger partial charge on any atom is -0.347 e. The lowest BCUT2D eigenvalue weighted by Gasteiger charge is -1.99. The molecule has 0 saturated carbocycles. The standard InChI is InChI=1S/C13H13ClN4O/c1-3-7-15-13(19)12-9(2)16-18(17-12)11-6-4-5-10(14)8-11/h3-6,8H,1,7H2,2H3,(H,15,19). The number of carbonyl (C=O) groups excluding carboxylic acids is 1. The quantitative estimate of drug-likeness (QED) is 0.871. The number of hydrogen-bond acceptors (Lipinski definition) is 3. The monoisotopic (exact) mass is 276 g/mol. The Morgan fingerprint density at radius 1 is 1.53 bits per heavy atom. The number of halogens is 1. The van der Waals surface area contributed by atoms with Crippen LogP contribution in [0.4, 0.5) is 0 Å². The van der Waals surface area contributed by atoms with Crippen LogP contribution in [0.25, 0.3) is 5.69 Å².